The summed E-state index contributed by atoms with van der Waals surface area (Å²) in [6, 6.07) is 11.1. The predicted octanol–water partition coefficient (Wildman–Crippen LogP) is 1.02. The molecule has 2 aliphatic rings. The minimum absolute atomic E-state index is 0.509. The summed E-state index contributed by atoms with van der Waals surface area (Å²) < 4.78 is 27.4. The lowest BCUT2D eigenvalue weighted by atomic mass is 10.0. The van der Waals surface area contributed by atoms with Crippen LogP contribution in [0.3, 0.4) is 0 Å². The quantitative estimate of drug-likeness (QED) is 0.795. The Hall–Kier alpha value is -2.23. The molecule has 27 heavy (non-hydrogen) atoms. The Kier molecular flexibility index (Phi) is 4.75. The molecule has 144 valence electrons. The monoisotopic (exact) mass is 388 g/mol. The van der Waals surface area contributed by atoms with Gasteiger partial charge in [0, 0.05) is 51.5 Å². The summed E-state index contributed by atoms with van der Waals surface area (Å²) in [4.78, 5) is 2.31. The molecular weight excluding hydrogens is 364 g/mol. The van der Waals surface area contributed by atoms with Crippen LogP contribution < -0.4 is 14.9 Å². The number of nitrogens with zero attached hydrogens (tertiary/aromatic N) is 4. The highest BCUT2D eigenvalue weighted by Crippen LogP contribution is 2.30. The highest BCUT2D eigenvalue weighted by Gasteiger charge is 2.36. The minimum Gasteiger partial charge on any atom is -0.354 e. The van der Waals surface area contributed by atoms with Crippen LogP contribution in [0.4, 0.5) is 11.5 Å². The lowest BCUT2D eigenvalue weighted by molar-refractivity contribution is 0.527. The highest BCUT2D eigenvalue weighted by atomic mass is 32.2. The van der Waals surface area contributed by atoms with E-state index < -0.39 is 10.2 Å². The van der Waals surface area contributed by atoms with Crippen LogP contribution >= 0.6 is 0 Å². The van der Waals surface area contributed by atoms with Gasteiger partial charge in [-0.05, 0) is 36.1 Å². The molecular formula is C18H24N6O2S. The summed E-state index contributed by atoms with van der Waals surface area (Å²) in [6.45, 7) is 4.26. The SMILES string of the molecule is CN(C)S(=O)(=O)Nc1ccc(-c2ccc(N3CC4CNCC4C3)nn2)cc1. The summed E-state index contributed by atoms with van der Waals surface area (Å²) in [7, 11) is -0.537. The second-order valence-electron chi connectivity index (χ2n) is 7.33. The van der Waals surface area contributed by atoms with Crippen molar-refractivity contribution >= 4 is 21.7 Å². The van der Waals surface area contributed by atoms with E-state index in [1.807, 2.05) is 24.3 Å². The van der Waals surface area contributed by atoms with Crippen molar-refractivity contribution in [3.8, 4) is 11.3 Å². The second kappa shape index (κ2) is 7.06. The maximum absolute atomic E-state index is 11.9. The normalized spacial score (nSPS) is 22.3. The molecule has 0 radical (unpaired) electrons. The summed E-state index contributed by atoms with van der Waals surface area (Å²) in [6.07, 6.45) is 0. The van der Waals surface area contributed by atoms with Crippen LogP contribution in [0.5, 0.6) is 0 Å². The van der Waals surface area contributed by atoms with Crippen molar-refractivity contribution in [3.05, 3.63) is 36.4 Å². The maximum atomic E-state index is 11.9. The minimum atomic E-state index is -3.51. The van der Waals surface area contributed by atoms with Gasteiger partial charge in [-0.15, -0.1) is 10.2 Å². The van der Waals surface area contributed by atoms with Crippen LogP contribution in [0.2, 0.25) is 0 Å². The van der Waals surface area contributed by atoms with Gasteiger partial charge in [0.25, 0.3) is 0 Å². The molecule has 2 fully saturated rings. The summed E-state index contributed by atoms with van der Waals surface area (Å²) in [5, 5.41) is 12.2. The lowest BCUT2D eigenvalue weighted by Gasteiger charge is -2.18. The van der Waals surface area contributed by atoms with E-state index in [9.17, 15) is 8.42 Å². The van der Waals surface area contributed by atoms with Gasteiger partial charge in [0.2, 0.25) is 0 Å². The topological polar surface area (TPSA) is 90.5 Å². The molecule has 4 rings (SSSR count). The first-order valence-electron chi connectivity index (χ1n) is 9.02. The van der Waals surface area contributed by atoms with Gasteiger partial charge in [-0.25, -0.2) is 0 Å². The Bertz CT molecular complexity index is 886. The Morgan fingerprint density at radius 3 is 2.26 bits per heavy atom. The van der Waals surface area contributed by atoms with E-state index in [0.717, 1.165) is 47.6 Å². The molecule has 0 bridgehead atoms. The van der Waals surface area contributed by atoms with Gasteiger partial charge in [-0.2, -0.15) is 12.7 Å². The van der Waals surface area contributed by atoms with Gasteiger partial charge in [-0.1, -0.05) is 12.1 Å². The van der Waals surface area contributed by atoms with E-state index in [0.29, 0.717) is 17.5 Å². The number of nitrogens with one attached hydrogen (secondary N) is 2. The number of hydrogen-bond acceptors (Lipinski definition) is 6. The van der Waals surface area contributed by atoms with Gasteiger partial charge in [-0.3, -0.25) is 4.72 Å². The van der Waals surface area contributed by atoms with Crippen molar-refractivity contribution in [1.29, 1.82) is 0 Å². The number of hydrogen-bond donors (Lipinski definition) is 2. The molecule has 1 aromatic heterocycles. The Morgan fingerprint density at radius 2 is 1.70 bits per heavy atom. The summed E-state index contributed by atoms with van der Waals surface area (Å²) in [5.74, 6) is 2.35. The molecule has 0 spiro atoms. The Balaban J connectivity index is 1.45. The zero-order valence-corrected chi connectivity index (χ0v) is 16.3. The van der Waals surface area contributed by atoms with E-state index in [-0.39, 0.29) is 0 Å². The molecule has 0 aliphatic carbocycles. The van der Waals surface area contributed by atoms with Crippen LogP contribution in [0.25, 0.3) is 11.3 Å². The van der Waals surface area contributed by atoms with Crippen molar-refractivity contribution in [3.63, 3.8) is 0 Å². The molecule has 3 heterocycles. The molecule has 1 aromatic carbocycles. The van der Waals surface area contributed by atoms with E-state index in [1.165, 1.54) is 14.1 Å². The van der Waals surface area contributed by atoms with Gasteiger partial charge in [0.15, 0.2) is 5.82 Å². The average molecular weight is 388 g/mol. The van der Waals surface area contributed by atoms with E-state index in [1.54, 1.807) is 12.1 Å². The van der Waals surface area contributed by atoms with Crippen molar-refractivity contribution in [2.24, 2.45) is 11.8 Å². The maximum Gasteiger partial charge on any atom is 0.301 e. The molecule has 2 N–H and O–H groups in total. The fraction of sp³-hybridized carbons (Fsp3) is 0.444. The molecule has 2 unspecified atom stereocenters. The van der Waals surface area contributed by atoms with Crippen molar-refractivity contribution in [1.82, 2.24) is 19.8 Å². The van der Waals surface area contributed by atoms with E-state index in [4.69, 9.17) is 0 Å². The summed E-state index contributed by atoms with van der Waals surface area (Å²) in [5.41, 5.74) is 2.17. The largest absolute Gasteiger partial charge is 0.354 e. The van der Waals surface area contributed by atoms with Gasteiger partial charge in [0.05, 0.1) is 5.69 Å². The Morgan fingerprint density at radius 1 is 1.04 bits per heavy atom. The third-order valence-corrected chi connectivity index (χ3v) is 6.73. The highest BCUT2D eigenvalue weighted by molar-refractivity contribution is 7.90. The molecule has 9 heteroatoms. The van der Waals surface area contributed by atoms with Crippen molar-refractivity contribution in [2.45, 2.75) is 0 Å². The van der Waals surface area contributed by atoms with E-state index >= 15 is 0 Å². The third kappa shape index (κ3) is 3.76. The number of aromatic nitrogens is 2. The zero-order chi connectivity index (χ0) is 19.0. The number of anilines is 2. The fourth-order valence-electron chi connectivity index (χ4n) is 3.64. The second-order valence-corrected chi connectivity index (χ2v) is 9.21. The standard InChI is InChI=1S/C18H24N6O2S/c1-23(2)27(25,26)22-16-5-3-13(4-6-16)17-7-8-18(21-20-17)24-11-14-9-19-10-15(14)12-24/h3-8,14-15,19,22H,9-12H2,1-2H3. The third-order valence-electron chi connectivity index (χ3n) is 5.27. The van der Waals surface area contributed by atoms with Crippen LogP contribution in [-0.2, 0) is 10.2 Å². The average Bonchev–Trinajstić information content (AvgIpc) is 3.24. The first kappa shape index (κ1) is 18.1. The zero-order valence-electron chi connectivity index (χ0n) is 15.5. The van der Waals surface area contributed by atoms with Gasteiger partial charge >= 0.3 is 10.2 Å². The molecule has 2 saturated heterocycles. The van der Waals surface area contributed by atoms with Crippen molar-refractivity contribution in [2.75, 3.05) is 49.9 Å². The molecule has 2 aliphatic heterocycles. The van der Waals surface area contributed by atoms with Gasteiger partial charge < -0.3 is 10.2 Å². The first-order valence-corrected chi connectivity index (χ1v) is 10.5. The van der Waals surface area contributed by atoms with Crippen LogP contribution in [0.1, 0.15) is 0 Å². The van der Waals surface area contributed by atoms with E-state index in [2.05, 4.69) is 25.1 Å². The van der Waals surface area contributed by atoms with Crippen LogP contribution in [0, 0.1) is 11.8 Å². The lowest BCUT2D eigenvalue weighted by Crippen LogP contribution is -2.28. The molecule has 8 nitrogen and oxygen atoms in total. The van der Waals surface area contributed by atoms with Crippen LogP contribution in [-0.4, -0.2) is 63.2 Å². The molecule has 2 aromatic rings. The number of rotatable bonds is 5. The predicted molar refractivity (Wildman–Crippen MR) is 106 cm³/mol. The van der Waals surface area contributed by atoms with Gasteiger partial charge in [0.1, 0.15) is 0 Å². The number of benzene rings is 1. The summed E-state index contributed by atoms with van der Waals surface area (Å²) >= 11 is 0. The number of fused-ring (bicyclic) bond motifs is 1. The molecule has 0 saturated carbocycles. The smallest absolute Gasteiger partial charge is 0.301 e. The molecule has 0 amide bonds. The van der Waals surface area contributed by atoms with Crippen molar-refractivity contribution < 1.29 is 8.42 Å². The fourth-order valence-corrected chi connectivity index (χ4v) is 4.26. The van der Waals surface area contributed by atoms with Crippen LogP contribution in [0.15, 0.2) is 36.4 Å². The Labute approximate surface area is 159 Å². The molecule has 2 atom stereocenters. The first-order chi connectivity index (χ1) is 12.9.